The third-order valence-corrected chi connectivity index (χ3v) is 2.70. The van der Waals surface area contributed by atoms with E-state index in [9.17, 15) is 9.59 Å². The molecule has 0 unspecified atom stereocenters. The molecule has 20 heavy (non-hydrogen) atoms. The zero-order chi connectivity index (χ0) is 15.1. The van der Waals surface area contributed by atoms with E-state index in [-0.39, 0.29) is 30.9 Å². The number of carboxylic acids is 1. The van der Waals surface area contributed by atoms with E-state index in [2.05, 4.69) is 11.9 Å². The Kier molecular flexibility index (Phi) is 6.02. The van der Waals surface area contributed by atoms with Crippen LogP contribution in [0.25, 0.3) is 0 Å². The number of nitrogens with zero attached hydrogens (tertiary/aromatic N) is 1. The Morgan fingerprint density at radius 3 is 2.70 bits per heavy atom. The molecule has 1 aromatic rings. The predicted octanol–water partition coefficient (Wildman–Crippen LogP) is 2.05. The number of benzene rings is 1. The van der Waals surface area contributed by atoms with E-state index in [1.54, 1.807) is 0 Å². The van der Waals surface area contributed by atoms with Crippen molar-refractivity contribution in [1.29, 1.82) is 0 Å². The van der Waals surface area contributed by atoms with Crippen molar-refractivity contribution >= 4 is 29.3 Å². The number of hydrogen-bond donors (Lipinski definition) is 3. The number of hydrogen-bond acceptors (Lipinski definition) is 3. The van der Waals surface area contributed by atoms with Crippen LogP contribution < -0.4 is 5.32 Å². The molecule has 0 atom stereocenters. The van der Waals surface area contributed by atoms with Crippen LogP contribution in [0.3, 0.4) is 0 Å². The summed E-state index contributed by atoms with van der Waals surface area (Å²) in [5.41, 5.74) is 0.0345. The summed E-state index contributed by atoms with van der Waals surface area (Å²) in [6.07, 6.45) is 1.51. The molecular weight excluding hydrogens is 284 g/mol. The summed E-state index contributed by atoms with van der Waals surface area (Å²) in [5.74, 6) is -1.17. The monoisotopic (exact) mass is 298 g/mol. The van der Waals surface area contributed by atoms with Crippen molar-refractivity contribution in [3.63, 3.8) is 0 Å². The molecule has 0 aliphatic carbocycles. The van der Waals surface area contributed by atoms with Crippen LogP contribution in [-0.2, 0) is 0 Å². The van der Waals surface area contributed by atoms with Crippen molar-refractivity contribution in [2.45, 2.75) is 0 Å². The van der Waals surface area contributed by atoms with Gasteiger partial charge in [-0.15, -0.1) is 6.58 Å². The molecule has 0 heterocycles. The summed E-state index contributed by atoms with van der Waals surface area (Å²) in [6.45, 7) is 3.65. The molecule has 1 rings (SSSR count). The Hall–Kier alpha value is -2.05. The average molecular weight is 299 g/mol. The Labute approximate surface area is 121 Å². The number of aliphatic hydroxyl groups is 1. The molecule has 0 bridgehead atoms. The lowest BCUT2D eigenvalue weighted by atomic mass is 10.2. The van der Waals surface area contributed by atoms with Gasteiger partial charge in [0.15, 0.2) is 0 Å². The van der Waals surface area contributed by atoms with Gasteiger partial charge in [0.1, 0.15) is 0 Å². The maximum atomic E-state index is 12.0. The van der Waals surface area contributed by atoms with Crippen LogP contribution in [-0.4, -0.2) is 46.8 Å². The second-order valence-corrected chi connectivity index (χ2v) is 4.32. The van der Waals surface area contributed by atoms with E-state index in [4.69, 9.17) is 21.8 Å². The maximum Gasteiger partial charge on any atom is 0.337 e. The lowest BCUT2D eigenvalue weighted by molar-refractivity contribution is 0.0698. The number of nitrogens with one attached hydrogen (secondary N) is 1. The average Bonchev–Trinajstić information content (AvgIpc) is 2.38. The summed E-state index contributed by atoms with van der Waals surface area (Å²) in [4.78, 5) is 24.4. The minimum Gasteiger partial charge on any atom is -0.478 e. The SMILES string of the molecule is C=CCN(CCO)C(=O)Nc1cc(Cl)ccc1C(=O)O. The van der Waals surface area contributed by atoms with E-state index >= 15 is 0 Å². The van der Waals surface area contributed by atoms with Crippen LogP contribution in [0.1, 0.15) is 10.4 Å². The maximum absolute atomic E-state index is 12.0. The molecule has 0 saturated carbocycles. The van der Waals surface area contributed by atoms with E-state index in [0.717, 1.165) is 0 Å². The Balaban J connectivity index is 2.96. The third kappa shape index (κ3) is 4.25. The van der Waals surface area contributed by atoms with Crippen LogP contribution in [0.2, 0.25) is 5.02 Å². The van der Waals surface area contributed by atoms with Crippen molar-refractivity contribution in [1.82, 2.24) is 4.90 Å². The lowest BCUT2D eigenvalue weighted by Crippen LogP contribution is -2.37. The topological polar surface area (TPSA) is 89.9 Å². The smallest absolute Gasteiger partial charge is 0.337 e. The Bertz CT molecular complexity index is 519. The first-order valence-electron chi connectivity index (χ1n) is 5.80. The van der Waals surface area contributed by atoms with Crippen molar-refractivity contribution < 1.29 is 19.8 Å². The van der Waals surface area contributed by atoms with Crippen molar-refractivity contribution in [2.75, 3.05) is 25.0 Å². The predicted molar refractivity (Wildman–Crippen MR) is 76.3 cm³/mol. The molecule has 0 spiro atoms. The molecule has 7 heteroatoms. The van der Waals surface area contributed by atoms with Gasteiger partial charge in [0.2, 0.25) is 0 Å². The molecular formula is C13H15ClN2O4. The zero-order valence-corrected chi connectivity index (χ0v) is 11.4. The summed E-state index contributed by atoms with van der Waals surface area (Å²) in [6, 6.07) is 3.55. The molecule has 0 fully saturated rings. The first-order valence-corrected chi connectivity index (χ1v) is 6.18. The number of urea groups is 1. The standard InChI is InChI=1S/C13H15ClN2O4/c1-2-5-16(6-7-17)13(20)15-11-8-9(14)3-4-10(11)12(18)19/h2-4,8,17H,1,5-7H2,(H,15,20)(H,18,19). The van der Waals surface area contributed by atoms with Crippen LogP contribution in [0.4, 0.5) is 10.5 Å². The summed E-state index contributed by atoms with van der Waals surface area (Å²) < 4.78 is 0. The quantitative estimate of drug-likeness (QED) is 0.701. The fourth-order valence-electron chi connectivity index (χ4n) is 1.55. The van der Waals surface area contributed by atoms with Gasteiger partial charge in [0.05, 0.1) is 17.9 Å². The number of halogens is 1. The number of carbonyl (C=O) groups excluding carboxylic acids is 1. The largest absolute Gasteiger partial charge is 0.478 e. The second-order valence-electron chi connectivity index (χ2n) is 3.88. The molecule has 2 amide bonds. The van der Waals surface area contributed by atoms with Crippen LogP contribution in [0.15, 0.2) is 30.9 Å². The number of rotatable bonds is 6. The first-order chi connectivity index (χ1) is 9.49. The number of aromatic carboxylic acids is 1. The van der Waals surface area contributed by atoms with Gasteiger partial charge in [-0.2, -0.15) is 0 Å². The molecule has 0 radical (unpaired) electrons. The minimum absolute atomic E-state index is 0.0645. The second kappa shape index (κ2) is 7.52. The zero-order valence-electron chi connectivity index (χ0n) is 10.7. The highest BCUT2D eigenvalue weighted by molar-refractivity contribution is 6.31. The number of aliphatic hydroxyl groups excluding tert-OH is 1. The van der Waals surface area contributed by atoms with E-state index < -0.39 is 12.0 Å². The molecule has 0 aliphatic rings. The van der Waals surface area contributed by atoms with Gasteiger partial charge in [-0.3, -0.25) is 0 Å². The van der Waals surface area contributed by atoms with E-state index in [1.165, 1.54) is 29.2 Å². The highest BCUT2D eigenvalue weighted by Gasteiger charge is 2.16. The van der Waals surface area contributed by atoms with Gasteiger partial charge in [0, 0.05) is 18.1 Å². The van der Waals surface area contributed by atoms with Gasteiger partial charge < -0.3 is 20.4 Å². The third-order valence-electron chi connectivity index (χ3n) is 2.46. The molecule has 0 aliphatic heterocycles. The van der Waals surface area contributed by atoms with Gasteiger partial charge in [-0.25, -0.2) is 9.59 Å². The highest BCUT2D eigenvalue weighted by atomic mass is 35.5. The normalized spacial score (nSPS) is 9.90. The van der Waals surface area contributed by atoms with Crippen molar-refractivity contribution in [3.05, 3.63) is 41.4 Å². The van der Waals surface area contributed by atoms with Gasteiger partial charge in [-0.1, -0.05) is 17.7 Å². The molecule has 0 aromatic heterocycles. The van der Waals surface area contributed by atoms with Crippen LogP contribution in [0.5, 0.6) is 0 Å². The summed E-state index contributed by atoms with van der Waals surface area (Å²) in [5, 5.41) is 20.7. The number of amides is 2. The lowest BCUT2D eigenvalue weighted by Gasteiger charge is -2.21. The first kappa shape index (κ1) is 16.0. The van der Waals surface area contributed by atoms with Crippen LogP contribution >= 0.6 is 11.6 Å². The number of carbonyl (C=O) groups is 2. The van der Waals surface area contributed by atoms with Crippen molar-refractivity contribution in [2.24, 2.45) is 0 Å². The molecule has 3 N–H and O–H groups in total. The summed E-state index contributed by atoms with van der Waals surface area (Å²) in [7, 11) is 0. The Morgan fingerprint density at radius 1 is 1.45 bits per heavy atom. The van der Waals surface area contributed by atoms with Gasteiger partial charge >= 0.3 is 12.0 Å². The molecule has 6 nitrogen and oxygen atoms in total. The van der Waals surface area contributed by atoms with Crippen molar-refractivity contribution in [3.8, 4) is 0 Å². The fourth-order valence-corrected chi connectivity index (χ4v) is 1.73. The fraction of sp³-hybridized carbons (Fsp3) is 0.231. The molecule has 108 valence electrons. The summed E-state index contributed by atoms with van der Waals surface area (Å²) >= 11 is 5.79. The van der Waals surface area contributed by atoms with Gasteiger partial charge in [-0.05, 0) is 18.2 Å². The van der Waals surface area contributed by atoms with E-state index in [0.29, 0.717) is 5.02 Å². The number of anilines is 1. The highest BCUT2D eigenvalue weighted by Crippen LogP contribution is 2.21. The Morgan fingerprint density at radius 2 is 2.15 bits per heavy atom. The molecule has 0 saturated heterocycles. The van der Waals surface area contributed by atoms with Gasteiger partial charge in [0.25, 0.3) is 0 Å². The molecule has 1 aromatic carbocycles. The van der Waals surface area contributed by atoms with Crippen LogP contribution in [0, 0.1) is 0 Å². The van der Waals surface area contributed by atoms with E-state index in [1.807, 2.05) is 0 Å². The number of carboxylic acid groups (broad SMARTS) is 1. The minimum atomic E-state index is -1.17.